The molecular formula is C15H28N4O2. The number of amides is 2. The van der Waals surface area contributed by atoms with Gasteiger partial charge in [0.2, 0.25) is 11.8 Å². The summed E-state index contributed by atoms with van der Waals surface area (Å²) in [6.07, 6.45) is 3.46. The zero-order valence-electron chi connectivity index (χ0n) is 13.3. The second-order valence-corrected chi connectivity index (χ2v) is 6.14. The lowest BCUT2D eigenvalue weighted by Crippen LogP contribution is -2.52. The Bertz CT molecular complexity index is 359. The maximum absolute atomic E-state index is 12.4. The van der Waals surface area contributed by atoms with Gasteiger partial charge in [-0.05, 0) is 39.4 Å². The monoisotopic (exact) mass is 296 g/mol. The molecule has 0 radical (unpaired) electrons. The Labute approximate surface area is 127 Å². The number of carbonyl (C=O) groups excluding carboxylic acids is 2. The molecule has 0 aromatic rings. The van der Waals surface area contributed by atoms with E-state index in [0.717, 1.165) is 25.9 Å². The van der Waals surface area contributed by atoms with Gasteiger partial charge in [0.25, 0.3) is 0 Å². The zero-order valence-corrected chi connectivity index (χ0v) is 13.3. The van der Waals surface area contributed by atoms with Crippen LogP contribution in [0.2, 0.25) is 0 Å². The molecule has 0 aromatic heterocycles. The minimum atomic E-state index is 0.102. The minimum absolute atomic E-state index is 0.102. The third kappa shape index (κ3) is 4.68. The van der Waals surface area contributed by atoms with Crippen LogP contribution >= 0.6 is 0 Å². The fourth-order valence-corrected chi connectivity index (χ4v) is 3.15. The van der Waals surface area contributed by atoms with Gasteiger partial charge in [0, 0.05) is 39.1 Å². The maximum atomic E-state index is 12.4. The molecule has 6 heteroatoms. The molecule has 2 fully saturated rings. The predicted octanol–water partition coefficient (Wildman–Crippen LogP) is -0.249. The maximum Gasteiger partial charge on any atom is 0.236 e. The number of nitrogens with one attached hydrogen (secondary N) is 1. The predicted molar refractivity (Wildman–Crippen MR) is 82.0 cm³/mol. The van der Waals surface area contributed by atoms with Gasteiger partial charge >= 0.3 is 0 Å². The van der Waals surface area contributed by atoms with E-state index < -0.39 is 0 Å². The highest BCUT2D eigenvalue weighted by Gasteiger charge is 2.25. The number of nitrogens with zero attached hydrogens (tertiary/aromatic N) is 3. The molecule has 6 nitrogen and oxygen atoms in total. The molecule has 2 rings (SSSR count). The standard InChI is InChI=1S/C15H28N4O2/c1-13(20)18-8-10-19(11-9-18)15(21)12-17(2)14-4-3-6-16-7-5-14/h14,16H,3-12H2,1-2H3. The molecule has 120 valence electrons. The second-order valence-electron chi connectivity index (χ2n) is 6.14. The Kier molecular flexibility index (Phi) is 5.99. The Morgan fingerprint density at radius 1 is 1.10 bits per heavy atom. The number of hydrogen-bond acceptors (Lipinski definition) is 4. The molecule has 1 N–H and O–H groups in total. The van der Waals surface area contributed by atoms with Crippen LogP contribution in [0.3, 0.4) is 0 Å². The van der Waals surface area contributed by atoms with E-state index in [2.05, 4.69) is 17.3 Å². The molecule has 2 amide bonds. The van der Waals surface area contributed by atoms with Gasteiger partial charge in [-0.25, -0.2) is 0 Å². The van der Waals surface area contributed by atoms with Crippen LogP contribution in [0.15, 0.2) is 0 Å². The van der Waals surface area contributed by atoms with Crippen LogP contribution in [0, 0.1) is 0 Å². The highest BCUT2D eigenvalue weighted by Crippen LogP contribution is 2.12. The van der Waals surface area contributed by atoms with Gasteiger partial charge in [0.1, 0.15) is 0 Å². The highest BCUT2D eigenvalue weighted by molar-refractivity contribution is 5.79. The van der Waals surface area contributed by atoms with Crippen molar-refractivity contribution in [2.75, 3.05) is 52.9 Å². The number of hydrogen-bond donors (Lipinski definition) is 1. The summed E-state index contributed by atoms with van der Waals surface area (Å²) in [5.74, 6) is 0.295. The third-order valence-corrected chi connectivity index (χ3v) is 4.63. The molecule has 0 bridgehead atoms. The van der Waals surface area contributed by atoms with E-state index in [-0.39, 0.29) is 11.8 Å². The van der Waals surface area contributed by atoms with E-state index in [1.165, 1.54) is 6.42 Å². The molecule has 0 aliphatic carbocycles. The van der Waals surface area contributed by atoms with E-state index in [9.17, 15) is 9.59 Å². The van der Waals surface area contributed by atoms with Crippen molar-refractivity contribution in [1.82, 2.24) is 20.0 Å². The molecule has 0 saturated carbocycles. The van der Waals surface area contributed by atoms with Crippen LogP contribution in [0.25, 0.3) is 0 Å². The normalized spacial score (nSPS) is 24.0. The summed E-state index contributed by atoms with van der Waals surface area (Å²) in [5, 5.41) is 3.40. The topological polar surface area (TPSA) is 55.9 Å². The van der Waals surface area contributed by atoms with Crippen LogP contribution < -0.4 is 5.32 Å². The molecule has 21 heavy (non-hydrogen) atoms. The lowest BCUT2D eigenvalue weighted by atomic mass is 10.1. The first kappa shape index (κ1) is 16.2. The van der Waals surface area contributed by atoms with Gasteiger partial charge in [-0.1, -0.05) is 0 Å². The molecule has 2 aliphatic rings. The summed E-state index contributed by atoms with van der Waals surface area (Å²) in [5.41, 5.74) is 0. The Morgan fingerprint density at radius 2 is 1.76 bits per heavy atom. The van der Waals surface area contributed by atoms with Crippen molar-refractivity contribution >= 4 is 11.8 Å². The van der Waals surface area contributed by atoms with Gasteiger partial charge in [0.05, 0.1) is 6.54 Å². The average Bonchev–Trinajstić information content (AvgIpc) is 2.76. The number of likely N-dealkylation sites (N-methyl/N-ethyl adjacent to an activating group) is 1. The van der Waals surface area contributed by atoms with Crippen molar-refractivity contribution in [3.05, 3.63) is 0 Å². The quantitative estimate of drug-likeness (QED) is 0.780. The smallest absolute Gasteiger partial charge is 0.236 e. The van der Waals surface area contributed by atoms with E-state index >= 15 is 0 Å². The van der Waals surface area contributed by atoms with Crippen LogP contribution in [-0.2, 0) is 9.59 Å². The highest BCUT2D eigenvalue weighted by atomic mass is 16.2. The number of carbonyl (C=O) groups is 2. The van der Waals surface area contributed by atoms with Crippen molar-refractivity contribution in [1.29, 1.82) is 0 Å². The molecule has 1 atom stereocenters. The molecule has 0 spiro atoms. The summed E-state index contributed by atoms with van der Waals surface area (Å²) in [6, 6.07) is 0.502. The Morgan fingerprint density at radius 3 is 2.43 bits per heavy atom. The third-order valence-electron chi connectivity index (χ3n) is 4.63. The fourth-order valence-electron chi connectivity index (χ4n) is 3.15. The van der Waals surface area contributed by atoms with Crippen molar-refractivity contribution in [3.8, 4) is 0 Å². The van der Waals surface area contributed by atoms with Gasteiger partial charge in [-0.3, -0.25) is 14.5 Å². The summed E-state index contributed by atoms with van der Waals surface area (Å²) in [6.45, 7) is 6.87. The molecule has 1 unspecified atom stereocenters. The lowest BCUT2D eigenvalue weighted by Gasteiger charge is -2.36. The van der Waals surface area contributed by atoms with E-state index in [4.69, 9.17) is 0 Å². The van der Waals surface area contributed by atoms with Gasteiger partial charge in [0.15, 0.2) is 0 Å². The Balaban J connectivity index is 1.77. The number of piperazine rings is 1. The van der Waals surface area contributed by atoms with Crippen molar-refractivity contribution in [3.63, 3.8) is 0 Å². The molecule has 0 aromatic carbocycles. The SMILES string of the molecule is CC(=O)N1CCN(C(=O)CN(C)C2CCCNCC2)CC1. The fraction of sp³-hybridized carbons (Fsp3) is 0.867. The molecule has 2 heterocycles. The first-order valence-corrected chi connectivity index (χ1v) is 8.02. The first-order chi connectivity index (χ1) is 10.1. The van der Waals surface area contributed by atoms with Gasteiger partial charge < -0.3 is 15.1 Å². The first-order valence-electron chi connectivity index (χ1n) is 8.02. The van der Waals surface area contributed by atoms with Crippen LogP contribution in [-0.4, -0.2) is 85.4 Å². The summed E-state index contributed by atoms with van der Waals surface area (Å²) < 4.78 is 0. The van der Waals surface area contributed by atoms with Crippen molar-refractivity contribution in [2.45, 2.75) is 32.2 Å². The Hall–Kier alpha value is -1.14. The van der Waals surface area contributed by atoms with E-state index in [1.807, 2.05) is 9.80 Å². The number of rotatable bonds is 3. The summed E-state index contributed by atoms with van der Waals surface area (Å²) in [4.78, 5) is 29.6. The zero-order chi connectivity index (χ0) is 15.2. The average molecular weight is 296 g/mol. The minimum Gasteiger partial charge on any atom is -0.339 e. The van der Waals surface area contributed by atoms with E-state index in [0.29, 0.717) is 38.8 Å². The molecule has 2 saturated heterocycles. The summed E-state index contributed by atoms with van der Waals surface area (Å²) in [7, 11) is 2.06. The molecular weight excluding hydrogens is 268 g/mol. The van der Waals surface area contributed by atoms with Crippen LogP contribution in [0.5, 0.6) is 0 Å². The van der Waals surface area contributed by atoms with E-state index in [1.54, 1.807) is 6.92 Å². The lowest BCUT2D eigenvalue weighted by molar-refractivity contribution is -0.139. The second kappa shape index (κ2) is 7.75. The van der Waals surface area contributed by atoms with Crippen LogP contribution in [0.4, 0.5) is 0 Å². The van der Waals surface area contributed by atoms with Gasteiger partial charge in [-0.15, -0.1) is 0 Å². The van der Waals surface area contributed by atoms with Crippen molar-refractivity contribution in [2.24, 2.45) is 0 Å². The summed E-state index contributed by atoms with van der Waals surface area (Å²) >= 11 is 0. The van der Waals surface area contributed by atoms with Crippen molar-refractivity contribution < 1.29 is 9.59 Å². The molecule has 2 aliphatic heterocycles. The largest absolute Gasteiger partial charge is 0.339 e. The van der Waals surface area contributed by atoms with Gasteiger partial charge in [-0.2, -0.15) is 0 Å². The van der Waals surface area contributed by atoms with Crippen LogP contribution in [0.1, 0.15) is 26.2 Å².